The van der Waals surface area contributed by atoms with Crippen molar-refractivity contribution < 1.29 is 9.47 Å². The molecular formula is C20H21ClN2O3. The lowest BCUT2D eigenvalue weighted by molar-refractivity contribution is -0.0177. The van der Waals surface area contributed by atoms with Gasteiger partial charge in [0.15, 0.2) is 6.79 Å². The second-order valence-corrected chi connectivity index (χ2v) is 7.99. The van der Waals surface area contributed by atoms with Crippen LogP contribution < -0.4 is 10.3 Å². The lowest BCUT2D eigenvalue weighted by atomic mass is 9.83. The molecule has 2 bridgehead atoms. The van der Waals surface area contributed by atoms with Gasteiger partial charge in [-0.1, -0.05) is 17.7 Å². The largest absolute Gasteiger partial charge is 0.467 e. The van der Waals surface area contributed by atoms with Gasteiger partial charge in [0.25, 0.3) is 5.56 Å². The molecule has 1 saturated heterocycles. The van der Waals surface area contributed by atoms with E-state index in [4.69, 9.17) is 21.1 Å². The van der Waals surface area contributed by atoms with Crippen LogP contribution in [0.1, 0.15) is 29.2 Å². The second kappa shape index (κ2) is 6.41. The summed E-state index contributed by atoms with van der Waals surface area (Å²) in [5.74, 6) is 1.85. The molecule has 2 atom stereocenters. The van der Waals surface area contributed by atoms with Crippen LogP contribution in [0.3, 0.4) is 0 Å². The smallest absolute Gasteiger partial charge is 0.250 e. The van der Waals surface area contributed by atoms with Crippen molar-refractivity contribution in [1.82, 2.24) is 9.47 Å². The number of fused-ring (bicyclic) bond motifs is 5. The van der Waals surface area contributed by atoms with Gasteiger partial charge in [0.05, 0.1) is 6.61 Å². The number of hydrogen-bond acceptors (Lipinski definition) is 4. The number of aromatic nitrogens is 1. The number of pyridine rings is 1. The molecule has 5 nitrogen and oxygen atoms in total. The van der Waals surface area contributed by atoms with Crippen LogP contribution in [0.25, 0.3) is 0 Å². The van der Waals surface area contributed by atoms with Crippen molar-refractivity contribution in [2.75, 3.05) is 19.9 Å². The standard InChI is InChI=1S/C20H21ClN2O3/c21-17-5-15(20-16(6-17)11-25-12-26-20)10-22-7-13-4-14(9-22)18-2-1-3-19(24)23(18)8-13/h1-3,5-6,13-14H,4,7-12H2/t13-,14-/m0/s1. The molecule has 136 valence electrons. The summed E-state index contributed by atoms with van der Waals surface area (Å²) in [6.45, 7) is 4.42. The molecule has 5 rings (SSSR count). The topological polar surface area (TPSA) is 43.7 Å². The molecule has 26 heavy (non-hydrogen) atoms. The first-order chi connectivity index (χ1) is 12.7. The minimum atomic E-state index is 0.128. The van der Waals surface area contributed by atoms with Crippen molar-refractivity contribution >= 4 is 11.6 Å². The normalized spacial score (nSPS) is 24.5. The number of piperidine rings is 1. The highest BCUT2D eigenvalue weighted by atomic mass is 35.5. The maximum atomic E-state index is 12.2. The van der Waals surface area contributed by atoms with Gasteiger partial charge < -0.3 is 14.0 Å². The molecule has 0 unspecified atom stereocenters. The molecule has 4 heterocycles. The van der Waals surface area contributed by atoms with Crippen LogP contribution in [0.5, 0.6) is 5.75 Å². The molecule has 6 heteroatoms. The second-order valence-electron chi connectivity index (χ2n) is 7.56. The summed E-state index contributed by atoms with van der Waals surface area (Å²) in [5, 5.41) is 0.724. The molecule has 1 aromatic heterocycles. The first-order valence-electron chi connectivity index (χ1n) is 9.11. The number of benzene rings is 1. The molecule has 0 aliphatic carbocycles. The van der Waals surface area contributed by atoms with Gasteiger partial charge in [-0.05, 0) is 30.5 Å². The highest BCUT2D eigenvalue weighted by Gasteiger charge is 2.34. The molecule has 0 saturated carbocycles. The summed E-state index contributed by atoms with van der Waals surface area (Å²) in [6.07, 6.45) is 1.16. The van der Waals surface area contributed by atoms with E-state index >= 15 is 0 Å². The maximum Gasteiger partial charge on any atom is 0.250 e. The van der Waals surface area contributed by atoms with Crippen LogP contribution in [-0.4, -0.2) is 29.3 Å². The van der Waals surface area contributed by atoms with E-state index in [-0.39, 0.29) is 5.56 Å². The Hall–Kier alpha value is -1.82. The first-order valence-corrected chi connectivity index (χ1v) is 9.49. The Labute approximate surface area is 157 Å². The van der Waals surface area contributed by atoms with Crippen LogP contribution in [0.2, 0.25) is 5.02 Å². The fourth-order valence-corrected chi connectivity index (χ4v) is 5.00. The molecular weight excluding hydrogens is 352 g/mol. The minimum absolute atomic E-state index is 0.128. The van der Waals surface area contributed by atoms with E-state index in [2.05, 4.69) is 11.0 Å². The number of halogens is 1. The van der Waals surface area contributed by atoms with Crippen LogP contribution in [0, 0.1) is 5.92 Å². The summed E-state index contributed by atoms with van der Waals surface area (Å²) < 4.78 is 13.1. The van der Waals surface area contributed by atoms with E-state index in [1.807, 2.05) is 22.8 Å². The average molecular weight is 373 g/mol. The van der Waals surface area contributed by atoms with Crippen molar-refractivity contribution in [1.29, 1.82) is 0 Å². The minimum Gasteiger partial charge on any atom is -0.467 e. The lowest BCUT2D eigenvalue weighted by Gasteiger charge is -2.43. The van der Waals surface area contributed by atoms with Crippen molar-refractivity contribution in [3.05, 3.63) is 62.5 Å². The molecule has 1 aromatic carbocycles. The van der Waals surface area contributed by atoms with E-state index in [1.54, 1.807) is 6.07 Å². The zero-order chi connectivity index (χ0) is 17.7. The Balaban J connectivity index is 1.42. The summed E-state index contributed by atoms with van der Waals surface area (Å²) >= 11 is 6.31. The zero-order valence-corrected chi connectivity index (χ0v) is 15.2. The van der Waals surface area contributed by atoms with Gasteiger partial charge in [0.2, 0.25) is 0 Å². The number of nitrogens with zero attached hydrogens (tertiary/aromatic N) is 2. The number of ether oxygens (including phenoxy) is 2. The molecule has 2 aromatic rings. The molecule has 3 aliphatic heterocycles. The highest BCUT2D eigenvalue weighted by molar-refractivity contribution is 6.30. The highest BCUT2D eigenvalue weighted by Crippen LogP contribution is 2.37. The maximum absolute atomic E-state index is 12.2. The summed E-state index contributed by atoms with van der Waals surface area (Å²) in [5.41, 5.74) is 3.45. The van der Waals surface area contributed by atoms with Gasteiger partial charge in [-0.2, -0.15) is 0 Å². The number of rotatable bonds is 2. The zero-order valence-electron chi connectivity index (χ0n) is 14.5. The van der Waals surface area contributed by atoms with E-state index in [0.717, 1.165) is 54.5 Å². The monoisotopic (exact) mass is 372 g/mol. The Kier molecular flexibility index (Phi) is 4.03. The number of likely N-dealkylation sites (tertiary alicyclic amines) is 1. The predicted molar refractivity (Wildman–Crippen MR) is 98.6 cm³/mol. The summed E-state index contributed by atoms with van der Waals surface area (Å²) in [7, 11) is 0. The SMILES string of the molecule is O=c1cccc2n1C[C@H]1C[C@H]2CN(Cc2cc(Cl)cc3c2OCOC3)C1. The Morgan fingerprint density at radius 2 is 2.12 bits per heavy atom. The molecule has 0 N–H and O–H groups in total. The van der Waals surface area contributed by atoms with Gasteiger partial charge in [-0.25, -0.2) is 0 Å². The van der Waals surface area contributed by atoms with Crippen molar-refractivity contribution in [2.24, 2.45) is 5.92 Å². The quantitative estimate of drug-likeness (QED) is 0.813. The molecule has 0 spiro atoms. The molecule has 0 amide bonds. The fraction of sp³-hybridized carbons (Fsp3) is 0.450. The van der Waals surface area contributed by atoms with Crippen LogP contribution >= 0.6 is 11.6 Å². The third-order valence-electron chi connectivity index (χ3n) is 5.70. The van der Waals surface area contributed by atoms with Gasteiger partial charge in [0.1, 0.15) is 5.75 Å². The molecule has 0 radical (unpaired) electrons. The van der Waals surface area contributed by atoms with E-state index in [1.165, 1.54) is 5.69 Å². The van der Waals surface area contributed by atoms with E-state index in [9.17, 15) is 4.79 Å². The van der Waals surface area contributed by atoms with Gasteiger partial charge >= 0.3 is 0 Å². The van der Waals surface area contributed by atoms with Crippen molar-refractivity contribution in [2.45, 2.75) is 32.0 Å². The number of hydrogen-bond donors (Lipinski definition) is 0. The lowest BCUT2D eigenvalue weighted by Crippen LogP contribution is -2.46. The van der Waals surface area contributed by atoms with E-state index < -0.39 is 0 Å². The molecule has 1 fully saturated rings. The first kappa shape index (κ1) is 16.4. The van der Waals surface area contributed by atoms with E-state index in [0.29, 0.717) is 25.2 Å². The Morgan fingerprint density at radius 1 is 1.19 bits per heavy atom. The fourth-order valence-electron chi connectivity index (χ4n) is 4.74. The summed E-state index contributed by atoms with van der Waals surface area (Å²) in [4.78, 5) is 14.6. The third kappa shape index (κ3) is 2.84. The Bertz CT molecular complexity index is 910. The van der Waals surface area contributed by atoms with Crippen molar-refractivity contribution in [3.8, 4) is 5.75 Å². The van der Waals surface area contributed by atoms with Crippen LogP contribution in [-0.2, 0) is 24.4 Å². The van der Waals surface area contributed by atoms with Gasteiger partial charge in [-0.3, -0.25) is 9.69 Å². The Morgan fingerprint density at radius 3 is 3.04 bits per heavy atom. The van der Waals surface area contributed by atoms with Crippen LogP contribution in [0.4, 0.5) is 0 Å². The summed E-state index contributed by atoms with van der Waals surface area (Å²) in [6, 6.07) is 9.59. The predicted octanol–water partition coefficient (Wildman–Crippen LogP) is 2.99. The average Bonchev–Trinajstić information content (AvgIpc) is 2.62. The molecule has 3 aliphatic rings. The van der Waals surface area contributed by atoms with Gasteiger partial charge in [0, 0.05) is 60.0 Å². The van der Waals surface area contributed by atoms with Crippen molar-refractivity contribution in [3.63, 3.8) is 0 Å². The third-order valence-corrected chi connectivity index (χ3v) is 5.92. The van der Waals surface area contributed by atoms with Gasteiger partial charge in [-0.15, -0.1) is 0 Å². The van der Waals surface area contributed by atoms with Crippen LogP contribution in [0.15, 0.2) is 35.1 Å².